The molecule has 7 nitrogen and oxygen atoms in total. The molecule has 3 rings (SSSR count). The summed E-state index contributed by atoms with van der Waals surface area (Å²) < 4.78 is 15.3. The Hall–Kier alpha value is -3.48. The van der Waals surface area contributed by atoms with Crippen LogP contribution >= 0.6 is 0 Å². The minimum Gasteiger partial charge on any atom is -0.496 e. The molecule has 0 fully saturated rings. The van der Waals surface area contributed by atoms with E-state index in [-0.39, 0.29) is 25.2 Å². The van der Waals surface area contributed by atoms with Gasteiger partial charge in [0.15, 0.2) is 6.61 Å². The quantitative estimate of drug-likeness (QED) is 0.447. The third-order valence-corrected chi connectivity index (χ3v) is 3.81. The molecule has 27 heavy (non-hydrogen) atoms. The molecule has 0 radical (unpaired) electrons. The molecule has 0 atom stereocenters. The highest BCUT2D eigenvalue weighted by Crippen LogP contribution is 2.18. The van der Waals surface area contributed by atoms with Crippen LogP contribution in [-0.2, 0) is 16.0 Å². The van der Waals surface area contributed by atoms with E-state index in [4.69, 9.17) is 14.0 Å². The van der Waals surface area contributed by atoms with Crippen LogP contribution in [0, 0.1) is 0 Å². The minimum absolute atomic E-state index is 0.0373. The van der Waals surface area contributed by atoms with Crippen molar-refractivity contribution in [1.82, 2.24) is 10.1 Å². The first kappa shape index (κ1) is 18.3. The standard InChI is InChI=1S/C20H18N2O5/c1-25-17-10-6-5-9-15(17)16(23)13-26-19(24)12-11-18-21-20(22-27-18)14-7-3-2-4-8-14/h2-10H,11-13H2,1H3. The van der Waals surface area contributed by atoms with Crippen molar-refractivity contribution in [3.63, 3.8) is 0 Å². The number of aromatic nitrogens is 2. The molecule has 138 valence electrons. The molecule has 0 unspecified atom stereocenters. The minimum atomic E-state index is -0.516. The van der Waals surface area contributed by atoms with E-state index in [2.05, 4.69) is 10.1 Å². The molecule has 0 aliphatic heterocycles. The number of esters is 1. The average molecular weight is 366 g/mol. The van der Waals surface area contributed by atoms with Crippen LogP contribution in [0.15, 0.2) is 59.1 Å². The number of carbonyl (C=O) groups excluding carboxylic acids is 2. The van der Waals surface area contributed by atoms with Gasteiger partial charge < -0.3 is 14.0 Å². The third kappa shape index (κ3) is 4.78. The summed E-state index contributed by atoms with van der Waals surface area (Å²) in [6, 6.07) is 16.2. The van der Waals surface area contributed by atoms with Crippen LogP contribution in [-0.4, -0.2) is 35.6 Å². The summed E-state index contributed by atoms with van der Waals surface area (Å²) in [4.78, 5) is 28.3. The number of ketones is 1. The fourth-order valence-corrected chi connectivity index (χ4v) is 2.44. The number of hydrogen-bond donors (Lipinski definition) is 0. The number of para-hydroxylation sites is 1. The van der Waals surface area contributed by atoms with Crippen LogP contribution in [0.1, 0.15) is 22.7 Å². The number of carbonyl (C=O) groups is 2. The Balaban J connectivity index is 1.49. The van der Waals surface area contributed by atoms with E-state index in [1.807, 2.05) is 30.3 Å². The predicted molar refractivity (Wildman–Crippen MR) is 96.3 cm³/mol. The van der Waals surface area contributed by atoms with Gasteiger partial charge in [-0.3, -0.25) is 9.59 Å². The highest BCUT2D eigenvalue weighted by atomic mass is 16.5. The van der Waals surface area contributed by atoms with Crippen molar-refractivity contribution in [1.29, 1.82) is 0 Å². The van der Waals surface area contributed by atoms with Gasteiger partial charge in [0.1, 0.15) is 5.75 Å². The lowest BCUT2D eigenvalue weighted by atomic mass is 10.1. The Morgan fingerprint density at radius 3 is 2.56 bits per heavy atom. The van der Waals surface area contributed by atoms with Crippen molar-refractivity contribution >= 4 is 11.8 Å². The molecule has 0 saturated carbocycles. The zero-order valence-electron chi connectivity index (χ0n) is 14.8. The second kappa shape index (κ2) is 8.75. The van der Waals surface area contributed by atoms with E-state index in [1.165, 1.54) is 7.11 Å². The van der Waals surface area contributed by atoms with Gasteiger partial charge in [0.25, 0.3) is 0 Å². The number of nitrogens with zero attached hydrogens (tertiary/aromatic N) is 2. The largest absolute Gasteiger partial charge is 0.496 e. The van der Waals surface area contributed by atoms with Gasteiger partial charge in [-0.25, -0.2) is 0 Å². The molecule has 2 aromatic carbocycles. The summed E-state index contributed by atoms with van der Waals surface area (Å²) in [5, 5.41) is 3.89. The van der Waals surface area contributed by atoms with E-state index in [0.717, 1.165) is 5.56 Å². The molecular formula is C20H18N2O5. The summed E-state index contributed by atoms with van der Waals surface area (Å²) >= 11 is 0. The molecule has 0 bridgehead atoms. The second-order valence-corrected chi connectivity index (χ2v) is 5.66. The zero-order chi connectivity index (χ0) is 19.1. The van der Waals surface area contributed by atoms with Gasteiger partial charge in [-0.1, -0.05) is 47.6 Å². The number of methoxy groups -OCH3 is 1. The van der Waals surface area contributed by atoms with Gasteiger partial charge in [-0.2, -0.15) is 4.98 Å². The molecule has 0 amide bonds. The maximum atomic E-state index is 12.2. The second-order valence-electron chi connectivity index (χ2n) is 5.66. The summed E-state index contributed by atoms with van der Waals surface area (Å²) in [6.45, 7) is -0.349. The maximum Gasteiger partial charge on any atom is 0.306 e. The zero-order valence-corrected chi connectivity index (χ0v) is 14.8. The van der Waals surface area contributed by atoms with Crippen LogP contribution in [0.4, 0.5) is 0 Å². The normalized spacial score (nSPS) is 10.4. The van der Waals surface area contributed by atoms with Gasteiger partial charge in [-0.15, -0.1) is 0 Å². The van der Waals surface area contributed by atoms with Crippen molar-refractivity contribution in [3.8, 4) is 17.1 Å². The molecule has 3 aromatic rings. The Kier molecular flexibility index (Phi) is 5.94. The number of benzene rings is 2. The fourth-order valence-electron chi connectivity index (χ4n) is 2.44. The van der Waals surface area contributed by atoms with Crippen molar-refractivity contribution in [2.75, 3.05) is 13.7 Å². The first-order valence-electron chi connectivity index (χ1n) is 8.37. The number of hydrogen-bond acceptors (Lipinski definition) is 7. The first-order chi connectivity index (χ1) is 13.2. The topological polar surface area (TPSA) is 91.5 Å². The smallest absolute Gasteiger partial charge is 0.306 e. The van der Waals surface area contributed by atoms with Gasteiger partial charge >= 0.3 is 5.97 Å². The molecule has 1 aromatic heterocycles. The predicted octanol–water partition coefficient (Wildman–Crippen LogP) is 3.10. The average Bonchev–Trinajstić information content (AvgIpc) is 3.20. The number of ether oxygens (including phenoxy) is 2. The van der Waals surface area contributed by atoms with Crippen LogP contribution < -0.4 is 4.74 Å². The molecule has 0 saturated heterocycles. The summed E-state index contributed by atoms with van der Waals surface area (Å²) in [5.74, 6) is 0.396. The molecule has 0 spiro atoms. The number of Topliss-reactive ketones (excluding diaryl/α,β-unsaturated/α-hetero) is 1. The van der Waals surface area contributed by atoms with E-state index in [0.29, 0.717) is 23.0 Å². The van der Waals surface area contributed by atoms with Gasteiger partial charge in [-0.05, 0) is 12.1 Å². The summed E-state index contributed by atoms with van der Waals surface area (Å²) in [7, 11) is 1.48. The Bertz CT molecular complexity index is 921. The molecular weight excluding hydrogens is 348 g/mol. The Labute approximate surface area is 155 Å². The highest BCUT2D eigenvalue weighted by Gasteiger charge is 2.15. The molecule has 0 N–H and O–H groups in total. The lowest BCUT2D eigenvalue weighted by molar-refractivity contribution is -0.142. The SMILES string of the molecule is COc1ccccc1C(=O)COC(=O)CCc1nc(-c2ccccc2)no1. The monoisotopic (exact) mass is 366 g/mol. The summed E-state index contributed by atoms with van der Waals surface area (Å²) in [5.41, 5.74) is 1.20. The Morgan fingerprint density at radius 2 is 1.78 bits per heavy atom. The maximum absolute atomic E-state index is 12.2. The van der Waals surface area contributed by atoms with Crippen molar-refractivity contribution in [2.45, 2.75) is 12.8 Å². The van der Waals surface area contributed by atoms with E-state index >= 15 is 0 Å². The molecule has 0 aliphatic rings. The molecule has 1 heterocycles. The molecule has 0 aliphatic carbocycles. The molecule has 7 heteroatoms. The van der Waals surface area contributed by atoms with Crippen molar-refractivity contribution in [3.05, 3.63) is 66.1 Å². The van der Waals surface area contributed by atoms with Gasteiger partial charge in [0.05, 0.1) is 19.1 Å². The summed E-state index contributed by atoms with van der Waals surface area (Å²) in [6.07, 6.45) is 0.275. The number of rotatable bonds is 8. The van der Waals surface area contributed by atoms with E-state index in [1.54, 1.807) is 24.3 Å². The lowest BCUT2D eigenvalue weighted by Gasteiger charge is -2.07. The van der Waals surface area contributed by atoms with Crippen LogP contribution in [0.3, 0.4) is 0 Å². The fraction of sp³-hybridized carbons (Fsp3) is 0.200. The van der Waals surface area contributed by atoms with Crippen LogP contribution in [0.2, 0.25) is 0 Å². The van der Waals surface area contributed by atoms with Crippen LogP contribution in [0.5, 0.6) is 5.75 Å². The first-order valence-corrected chi connectivity index (χ1v) is 8.37. The lowest BCUT2D eigenvalue weighted by Crippen LogP contribution is -2.15. The number of aryl methyl sites for hydroxylation is 1. The van der Waals surface area contributed by atoms with E-state index < -0.39 is 5.97 Å². The van der Waals surface area contributed by atoms with Crippen molar-refractivity contribution in [2.24, 2.45) is 0 Å². The van der Waals surface area contributed by atoms with Crippen molar-refractivity contribution < 1.29 is 23.6 Å². The highest BCUT2D eigenvalue weighted by molar-refractivity contribution is 6.00. The van der Waals surface area contributed by atoms with Gasteiger partial charge in [0.2, 0.25) is 17.5 Å². The third-order valence-electron chi connectivity index (χ3n) is 3.81. The Morgan fingerprint density at radius 1 is 1.04 bits per heavy atom. The van der Waals surface area contributed by atoms with Gasteiger partial charge in [0, 0.05) is 12.0 Å². The van der Waals surface area contributed by atoms with E-state index in [9.17, 15) is 9.59 Å². The van der Waals surface area contributed by atoms with Crippen LogP contribution in [0.25, 0.3) is 11.4 Å².